The molecule has 0 spiro atoms. The maximum atomic E-state index is 15.1. The molecule has 394 valence electrons. The lowest BCUT2D eigenvalue weighted by Gasteiger charge is -2.25. The van der Waals surface area contributed by atoms with Gasteiger partial charge >= 0.3 is 6.01 Å². The lowest BCUT2D eigenvalue weighted by molar-refractivity contribution is 0.0926. The zero-order valence-corrected chi connectivity index (χ0v) is 42.5. The summed E-state index contributed by atoms with van der Waals surface area (Å²) in [6.45, 7) is 9.21. The Morgan fingerprint density at radius 1 is 0.782 bits per heavy atom. The quantitative estimate of drug-likeness (QED) is 0.0775. The van der Waals surface area contributed by atoms with Gasteiger partial charge in [0.1, 0.15) is 64.3 Å². The number of aromatic amines is 3. The fourth-order valence-corrected chi connectivity index (χ4v) is 9.44. The molecule has 0 radical (unpaired) electrons. The molecule has 23 nitrogen and oxygen atoms in total. The Labute approximate surface area is 438 Å². The number of phenols is 1. The summed E-state index contributed by atoms with van der Waals surface area (Å²) in [5, 5.41) is 26.0. The van der Waals surface area contributed by atoms with Gasteiger partial charge in [0.15, 0.2) is 45.8 Å². The van der Waals surface area contributed by atoms with E-state index in [0.717, 1.165) is 39.5 Å². The molecule has 3 aromatic carbocycles. The Morgan fingerprint density at radius 2 is 1.46 bits per heavy atom. The molecule has 1 aliphatic carbocycles. The van der Waals surface area contributed by atoms with Crippen LogP contribution in [0.4, 0.5) is 36.3 Å². The van der Waals surface area contributed by atoms with Crippen molar-refractivity contribution in [3.63, 3.8) is 0 Å². The number of rotatable bonds is 8. The third kappa shape index (κ3) is 8.51. The number of carbonyl (C=O) groups excluding carboxylic acids is 1. The van der Waals surface area contributed by atoms with Crippen molar-refractivity contribution < 1.29 is 32.5 Å². The average Bonchev–Trinajstić information content (AvgIpc) is 4.33. The van der Waals surface area contributed by atoms with Gasteiger partial charge in [0, 0.05) is 73.4 Å². The molecule has 9 heterocycles. The first-order valence-corrected chi connectivity index (χ1v) is 24.0. The maximum Gasteiger partial charge on any atom is 0.320 e. The highest BCUT2D eigenvalue weighted by atomic mass is 19.1. The van der Waals surface area contributed by atoms with E-state index >= 15 is 4.39 Å². The molecule has 0 saturated heterocycles. The molecule has 78 heavy (non-hydrogen) atoms. The summed E-state index contributed by atoms with van der Waals surface area (Å²) in [4.78, 5) is 51.7. The number of fused-ring (bicyclic) bond motifs is 6. The molecule has 0 atom stereocenters. The van der Waals surface area contributed by atoms with Gasteiger partial charge in [0.2, 0.25) is 5.91 Å². The molecule has 0 unspecified atom stereocenters. The van der Waals surface area contributed by atoms with Crippen molar-refractivity contribution in [2.24, 2.45) is 13.0 Å². The van der Waals surface area contributed by atoms with Crippen LogP contribution in [0.25, 0.3) is 105 Å². The van der Waals surface area contributed by atoms with E-state index in [1.807, 2.05) is 29.7 Å². The van der Waals surface area contributed by atoms with Crippen LogP contribution >= 0.6 is 0 Å². The van der Waals surface area contributed by atoms with E-state index in [0.29, 0.717) is 61.4 Å². The van der Waals surface area contributed by atoms with Crippen LogP contribution in [0.15, 0.2) is 67.3 Å². The number of nitrogens with two attached hydrogens (primary N) is 2. The summed E-state index contributed by atoms with van der Waals surface area (Å²) in [6.07, 6.45) is 6.63. The average molecular weight is 1060 g/mol. The number of nitrogens with one attached hydrogen (secondary N) is 3. The van der Waals surface area contributed by atoms with Crippen molar-refractivity contribution in [1.82, 2.24) is 74.2 Å². The monoisotopic (exact) mass is 1060 g/mol. The van der Waals surface area contributed by atoms with E-state index in [2.05, 4.69) is 59.9 Å². The molecule has 8 N–H and O–H groups in total. The number of ether oxygens (including phenoxy) is 2. The number of aromatic hydroxyl groups is 1. The van der Waals surface area contributed by atoms with E-state index in [9.17, 15) is 18.7 Å². The molecule has 1 fully saturated rings. The first-order valence-electron chi connectivity index (χ1n) is 24.0. The predicted molar refractivity (Wildman–Crippen MR) is 287 cm³/mol. The Balaban J connectivity index is 0.000000125. The summed E-state index contributed by atoms with van der Waals surface area (Å²) in [5.41, 5.74) is 17.7. The number of anilines is 3. The Kier molecular flexibility index (Phi) is 12.4. The molecule has 1 saturated carbocycles. The Morgan fingerprint density at radius 3 is 2.13 bits per heavy atom. The topological polar surface area (TPSA) is 294 Å². The lowest BCUT2D eigenvalue weighted by atomic mass is 9.85. The number of aromatic nitrogens is 15. The predicted octanol–water partition coefficient (Wildman–Crippen LogP) is 8.84. The van der Waals surface area contributed by atoms with Crippen LogP contribution in [0.2, 0.25) is 0 Å². The van der Waals surface area contributed by atoms with E-state index in [-0.39, 0.29) is 56.9 Å². The van der Waals surface area contributed by atoms with Crippen molar-refractivity contribution >= 4 is 94.9 Å². The van der Waals surface area contributed by atoms with Crippen molar-refractivity contribution in [1.29, 1.82) is 0 Å². The van der Waals surface area contributed by atoms with Crippen molar-refractivity contribution in [3.8, 4) is 51.7 Å². The zero-order chi connectivity index (χ0) is 54.8. The number of nitrogens with zero attached hydrogens (tertiary/aromatic N) is 14. The fraction of sp³-hybridized carbons (Fsp3) is 0.212. The second-order valence-electron chi connectivity index (χ2n) is 18.6. The standard InChI is InChI=1S/C20H21FN6O.C17H12FN7O2.C15H13FN6O/c1-26(2)19-17-18(15-7-12-6-13(21)16(28)8-14(12)24-15)25-27(9-11-4-3-5-11)20(17)23-10-22-19;1-7(26)25-16-11(15(19)22-17(23-16)27-3)13(24-25)14-12(18)9-6-8(20-2)4-5-10(9)21-14;1-22-15-10(14(17)18-6-19-15)12(21-22)13-11(16)8-5-7(23-2)3-4-9(8)20-13/h6-8,10-11,24,28H,3-5,9H2,1-2H3;4-6,21H,1,3H3,(H2,19,22,23);3-6,20H,1-2H3,(H2,17,18,19). The van der Waals surface area contributed by atoms with Gasteiger partial charge in [-0.05, 0) is 61.2 Å². The van der Waals surface area contributed by atoms with Crippen molar-refractivity contribution in [2.45, 2.75) is 32.7 Å². The van der Waals surface area contributed by atoms with Crippen LogP contribution in [0, 0.1) is 29.9 Å². The number of hydrogen-bond donors (Lipinski definition) is 6. The molecule has 12 aromatic rings. The molecule has 0 amide bonds. The van der Waals surface area contributed by atoms with Gasteiger partial charge in [-0.3, -0.25) is 4.79 Å². The van der Waals surface area contributed by atoms with E-state index in [1.165, 1.54) is 64.9 Å². The van der Waals surface area contributed by atoms with Crippen LogP contribution in [-0.2, 0) is 13.6 Å². The Bertz CT molecular complexity index is 4370. The largest absolute Gasteiger partial charge is 0.505 e. The second kappa shape index (κ2) is 19.4. The molecule has 0 bridgehead atoms. The third-order valence-electron chi connectivity index (χ3n) is 13.5. The molecule has 26 heteroatoms. The van der Waals surface area contributed by atoms with Gasteiger partial charge in [0.25, 0.3) is 0 Å². The summed E-state index contributed by atoms with van der Waals surface area (Å²) >= 11 is 0. The number of phenolic OH excluding ortho intramolecular Hbond substituents is 1. The highest BCUT2D eigenvalue weighted by Gasteiger charge is 2.28. The highest BCUT2D eigenvalue weighted by Crippen LogP contribution is 2.40. The number of nitrogen functional groups attached to an aromatic ring is 2. The van der Waals surface area contributed by atoms with Gasteiger partial charge in [-0.1, -0.05) is 12.5 Å². The minimum Gasteiger partial charge on any atom is -0.505 e. The first-order chi connectivity index (χ1) is 37.5. The fourth-order valence-electron chi connectivity index (χ4n) is 9.44. The number of carbonyl (C=O) groups is 1. The molecular formula is C52H46F3N19O4. The molecule has 13 rings (SSSR count). The van der Waals surface area contributed by atoms with Gasteiger partial charge in [-0.2, -0.15) is 29.9 Å². The van der Waals surface area contributed by atoms with Gasteiger partial charge < -0.3 is 45.9 Å². The molecular weight excluding hydrogens is 1010 g/mol. The number of hydrogen-bond acceptors (Lipinski definition) is 16. The summed E-state index contributed by atoms with van der Waals surface area (Å²) in [6, 6.07) is 14.3. The Hall–Kier alpha value is -10.3. The smallest absolute Gasteiger partial charge is 0.320 e. The molecule has 0 aliphatic heterocycles. The van der Waals surface area contributed by atoms with Crippen LogP contribution in [0.5, 0.6) is 17.5 Å². The minimum atomic E-state index is -0.643. The van der Waals surface area contributed by atoms with Crippen LogP contribution < -0.4 is 25.8 Å². The van der Waals surface area contributed by atoms with E-state index in [1.54, 1.807) is 48.4 Å². The molecule has 9 aromatic heterocycles. The summed E-state index contributed by atoms with van der Waals surface area (Å²) in [7, 11) is 8.50. The summed E-state index contributed by atoms with van der Waals surface area (Å²) < 4.78 is 58.4. The van der Waals surface area contributed by atoms with Crippen molar-refractivity contribution in [3.05, 3.63) is 96.1 Å². The molecule has 1 aliphatic rings. The van der Waals surface area contributed by atoms with Crippen LogP contribution in [0.3, 0.4) is 0 Å². The number of halogens is 3. The first kappa shape index (κ1) is 49.9. The van der Waals surface area contributed by atoms with E-state index in [4.69, 9.17) is 32.6 Å². The minimum absolute atomic E-state index is 0.000691. The lowest BCUT2D eigenvalue weighted by Crippen LogP contribution is -2.19. The number of benzene rings is 3. The van der Waals surface area contributed by atoms with Gasteiger partial charge in [0.05, 0.1) is 42.6 Å². The number of aryl methyl sites for hydroxylation is 1. The van der Waals surface area contributed by atoms with Crippen molar-refractivity contribution in [2.75, 3.05) is 44.7 Å². The van der Waals surface area contributed by atoms with Crippen LogP contribution in [-0.4, -0.2) is 114 Å². The zero-order valence-electron chi connectivity index (χ0n) is 42.5. The van der Waals surface area contributed by atoms with Gasteiger partial charge in [-0.25, -0.2) is 47.3 Å². The highest BCUT2D eigenvalue weighted by molar-refractivity contribution is 6.05. The number of methoxy groups -OCH3 is 2. The SMILES string of the molecule is CN(C)c1ncnc2c1c(-c1cc3cc(F)c(O)cc3[nH]1)nn2CC1CCC1.COc1ccc2[nH]c(-c3nn(C)c4ncnc(N)c34)c(F)c2c1.[C-]#[N+]c1ccc2[nH]c(-c3nn(C(C)=O)c4nc(OC)nc(N)c34)c(F)c2c1. The normalized spacial score (nSPS) is 12.5. The number of H-pyrrole nitrogens is 3. The van der Waals surface area contributed by atoms with Crippen LogP contribution in [0.1, 0.15) is 31.0 Å². The maximum absolute atomic E-state index is 15.1. The van der Waals surface area contributed by atoms with E-state index < -0.39 is 23.4 Å². The third-order valence-corrected chi connectivity index (χ3v) is 13.5. The van der Waals surface area contributed by atoms with Gasteiger partial charge in [-0.15, -0.1) is 0 Å². The summed E-state index contributed by atoms with van der Waals surface area (Å²) in [5.74, 6) is -0.228. The second-order valence-corrected chi connectivity index (χ2v) is 18.6.